The summed E-state index contributed by atoms with van der Waals surface area (Å²) in [4.78, 5) is 0. The molecule has 0 aromatic heterocycles. The van der Waals surface area contributed by atoms with Crippen LogP contribution < -0.4 is 4.74 Å². The van der Waals surface area contributed by atoms with Crippen LogP contribution in [0.1, 0.15) is 68.6 Å². The molecule has 0 spiro atoms. The highest BCUT2D eigenvalue weighted by Crippen LogP contribution is 2.39. The van der Waals surface area contributed by atoms with Crippen LogP contribution in [0, 0.1) is 11.8 Å². The molecule has 1 aliphatic rings. The van der Waals surface area contributed by atoms with Gasteiger partial charge in [-0.1, -0.05) is 87.9 Å². The number of aryl methyl sites for hydroxylation is 1. The van der Waals surface area contributed by atoms with E-state index >= 15 is 8.78 Å². The summed E-state index contributed by atoms with van der Waals surface area (Å²) in [6.07, 6.45) is 1.55. The van der Waals surface area contributed by atoms with Crippen molar-refractivity contribution < 1.29 is 26.7 Å². The third kappa shape index (κ3) is 7.12. The molecule has 0 atom stereocenters. The van der Waals surface area contributed by atoms with Crippen LogP contribution >= 0.6 is 0 Å². The van der Waals surface area contributed by atoms with Crippen molar-refractivity contribution in [2.24, 2.45) is 11.8 Å². The number of rotatable bonds is 9. The van der Waals surface area contributed by atoms with Gasteiger partial charge in [-0.05, 0) is 66.1 Å². The average molecular weight is 517 g/mol. The van der Waals surface area contributed by atoms with Gasteiger partial charge < -0.3 is 4.74 Å². The molecule has 198 valence electrons. The minimum Gasteiger partial charge on any atom is -0.428 e. The maximum atomic E-state index is 15.1. The number of hydrogen-bond acceptors (Lipinski definition) is 1. The van der Waals surface area contributed by atoms with Crippen molar-refractivity contribution in [2.45, 2.75) is 70.6 Å². The van der Waals surface area contributed by atoms with Crippen LogP contribution in [0.2, 0.25) is 0 Å². The number of alkyl halides is 5. The van der Waals surface area contributed by atoms with Gasteiger partial charge in [0.25, 0.3) is 0 Å². The zero-order valence-electron chi connectivity index (χ0n) is 21.0. The van der Waals surface area contributed by atoms with Crippen molar-refractivity contribution in [2.75, 3.05) is 0 Å². The van der Waals surface area contributed by atoms with Crippen LogP contribution in [0.25, 0.3) is 11.1 Å². The molecule has 0 radical (unpaired) electrons. The quantitative estimate of drug-likeness (QED) is 0.257. The predicted octanol–water partition coefficient (Wildman–Crippen LogP) is 10.0. The van der Waals surface area contributed by atoms with E-state index in [4.69, 9.17) is 4.74 Å². The Morgan fingerprint density at radius 1 is 0.703 bits per heavy atom. The summed E-state index contributed by atoms with van der Waals surface area (Å²) in [5.74, 6) is 1.47. The van der Waals surface area contributed by atoms with Crippen molar-refractivity contribution in [3.63, 3.8) is 0 Å². The molecule has 1 nitrogen and oxygen atoms in total. The van der Waals surface area contributed by atoms with Gasteiger partial charge in [-0.15, -0.1) is 0 Å². The topological polar surface area (TPSA) is 9.23 Å². The maximum absolute atomic E-state index is 15.1. The van der Waals surface area contributed by atoms with Crippen molar-refractivity contribution in [3.05, 3.63) is 89.5 Å². The normalized spacial score (nSPS) is 18.5. The molecule has 37 heavy (non-hydrogen) atoms. The van der Waals surface area contributed by atoms with Crippen LogP contribution in [-0.2, 0) is 18.7 Å². The number of benzene rings is 3. The summed E-state index contributed by atoms with van der Waals surface area (Å²) in [5, 5.41) is 0. The zero-order chi connectivity index (χ0) is 26.5. The molecule has 1 saturated carbocycles. The molecule has 0 amide bonds. The highest BCUT2D eigenvalue weighted by molar-refractivity contribution is 5.70. The van der Waals surface area contributed by atoms with E-state index in [0.717, 1.165) is 36.5 Å². The van der Waals surface area contributed by atoms with Crippen LogP contribution in [0.5, 0.6) is 5.75 Å². The van der Waals surface area contributed by atoms with Crippen molar-refractivity contribution in [1.29, 1.82) is 0 Å². The van der Waals surface area contributed by atoms with Crippen molar-refractivity contribution >= 4 is 0 Å². The smallest absolute Gasteiger partial charge is 0.426 e. The molecule has 1 aliphatic carbocycles. The molecule has 0 saturated heterocycles. The van der Waals surface area contributed by atoms with Crippen molar-refractivity contribution in [1.82, 2.24) is 0 Å². The molecule has 3 aromatic rings. The Labute approximate surface area is 215 Å². The highest BCUT2D eigenvalue weighted by atomic mass is 19.4. The number of halogens is 5. The number of para-hydroxylation sites is 1. The standard InChI is InChI=1S/C31H33F5O/c1-2-5-22-8-10-23(11-9-22)12-13-24-14-18-27(19-15-24)31(35,36)37-29-7-4-3-6-28(29)25-16-20-26(21-17-25)30(32,33)34/h3-4,6-7,14-23H,2,5,8-13H2,1H3. The van der Waals surface area contributed by atoms with Crippen LogP contribution in [0.3, 0.4) is 0 Å². The van der Waals surface area contributed by atoms with Gasteiger partial charge in [0, 0.05) is 5.56 Å². The molecule has 0 N–H and O–H groups in total. The second kappa shape index (κ2) is 11.7. The van der Waals surface area contributed by atoms with Gasteiger partial charge in [0.2, 0.25) is 0 Å². The van der Waals surface area contributed by atoms with E-state index in [0.29, 0.717) is 17.0 Å². The number of ether oxygens (including phenoxy) is 1. The minimum absolute atomic E-state index is 0.102. The van der Waals surface area contributed by atoms with Gasteiger partial charge >= 0.3 is 12.3 Å². The lowest BCUT2D eigenvalue weighted by Gasteiger charge is -2.28. The van der Waals surface area contributed by atoms with E-state index in [1.807, 2.05) is 0 Å². The molecule has 6 heteroatoms. The van der Waals surface area contributed by atoms with E-state index < -0.39 is 17.8 Å². The van der Waals surface area contributed by atoms with Crippen LogP contribution in [-0.4, -0.2) is 0 Å². The summed E-state index contributed by atoms with van der Waals surface area (Å²) in [6.45, 7) is 2.24. The highest BCUT2D eigenvalue weighted by Gasteiger charge is 2.35. The van der Waals surface area contributed by atoms with Gasteiger partial charge in [0.15, 0.2) is 0 Å². The first kappa shape index (κ1) is 27.2. The monoisotopic (exact) mass is 516 g/mol. The van der Waals surface area contributed by atoms with Gasteiger partial charge in [0.05, 0.1) is 11.1 Å². The summed E-state index contributed by atoms with van der Waals surface area (Å²) >= 11 is 0. The molecule has 4 rings (SSSR count). The summed E-state index contributed by atoms with van der Waals surface area (Å²) in [5.41, 5.74) is 0.614. The van der Waals surface area contributed by atoms with Gasteiger partial charge in [0.1, 0.15) is 5.75 Å². The fraction of sp³-hybridized carbons (Fsp3) is 0.419. The average Bonchev–Trinajstić information content (AvgIpc) is 2.88. The Hall–Kier alpha value is -2.89. The largest absolute Gasteiger partial charge is 0.428 e. The fourth-order valence-corrected chi connectivity index (χ4v) is 5.28. The molecular formula is C31H33F5O. The lowest BCUT2D eigenvalue weighted by atomic mass is 9.78. The zero-order valence-corrected chi connectivity index (χ0v) is 21.0. The molecule has 0 aliphatic heterocycles. The van der Waals surface area contributed by atoms with E-state index in [9.17, 15) is 13.2 Å². The lowest BCUT2D eigenvalue weighted by molar-refractivity contribution is -0.185. The van der Waals surface area contributed by atoms with E-state index in [2.05, 4.69) is 6.92 Å². The first-order valence-electron chi connectivity index (χ1n) is 13.1. The Kier molecular flexibility index (Phi) is 8.56. The maximum Gasteiger partial charge on any atom is 0.426 e. The van der Waals surface area contributed by atoms with Crippen LogP contribution in [0.15, 0.2) is 72.8 Å². The summed E-state index contributed by atoms with van der Waals surface area (Å²) in [6, 6.07) is 16.8. The van der Waals surface area contributed by atoms with E-state index in [1.54, 1.807) is 30.3 Å². The molecule has 0 unspecified atom stereocenters. The van der Waals surface area contributed by atoms with E-state index in [1.165, 1.54) is 68.9 Å². The Balaban J connectivity index is 1.40. The van der Waals surface area contributed by atoms with Crippen molar-refractivity contribution in [3.8, 4) is 16.9 Å². The van der Waals surface area contributed by atoms with Gasteiger partial charge in [-0.2, -0.15) is 22.0 Å². The van der Waals surface area contributed by atoms with E-state index in [-0.39, 0.29) is 11.3 Å². The summed E-state index contributed by atoms with van der Waals surface area (Å²) < 4.78 is 74.0. The Morgan fingerprint density at radius 2 is 1.27 bits per heavy atom. The molecule has 3 aromatic carbocycles. The Morgan fingerprint density at radius 3 is 1.86 bits per heavy atom. The van der Waals surface area contributed by atoms with Crippen LogP contribution in [0.4, 0.5) is 22.0 Å². The predicted molar refractivity (Wildman–Crippen MR) is 137 cm³/mol. The minimum atomic E-state index is -4.47. The first-order valence-corrected chi connectivity index (χ1v) is 13.1. The molecule has 0 bridgehead atoms. The third-order valence-electron chi connectivity index (χ3n) is 7.44. The first-order chi connectivity index (χ1) is 17.7. The molecule has 1 fully saturated rings. The second-order valence-electron chi connectivity index (χ2n) is 10.1. The number of hydrogen-bond donors (Lipinski definition) is 0. The fourth-order valence-electron chi connectivity index (χ4n) is 5.28. The van der Waals surface area contributed by atoms with Gasteiger partial charge in [-0.3, -0.25) is 0 Å². The summed E-state index contributed by atoms with van der Waals surface area (Å²) in [7, 11) is 0. The molecular weight excluding hydrogens is 483 g/mol. The third-order valence-corrected chi connectivity index (χ3v) is 7.44. The Bertz CT molecular complexity index is 1130. The van der Waals surface area contributed by atoms with Gasteiger partial charge in [-0.25, -0.2) is 0 Å². The molecule has 0 heterocycles. The lowest BCUT2D eigenvalue weighted by Crippen LogP contribution is -2.22. The second-order valence-corrected chi connectivity index (χ2v) is 10.1. The SMILES string of the molecule is CCCC1CCC(CCc2ccc(C(F)(F)Oc3ccccc3-c3ccc(C(F)(F)F)cc3)cc2)CC1.